The lowest BCUT2D eigenvalue weighted by Crippen LogP contribution is -2.27. The Morgan fingerprint density at radius 2 is 2.00 bits per heavy atom. The van der Waals surface area contributed by atoms with Crippen LogP contribution in [-0.4, -0.2) is 29.4 Å². The third kappa shape index (κ3) is 5.54. The molecule has 2 N–H and O–H groups in total. The van der Waals surface area contributed by atoms with Crippen molar-refractivity contribution in [1.82, 2.24) is 0 Å². The number of hydrogen-bond acceptors (Lipinski definition) is 5. The fourth-order valence-electron chi connectivity index (χ4n) is 1.58. The van der Waals surface area contributed by atoms with E-state index in [1.165, 1.54) is 18.2 Å². The molecule has 0 spiro atoms. The summed E-state index contributed by atoms with van der Waals surface area (Å²) in [6, 6.07) is 4.34. The Hall–Kier alpha value is -1.79. The van der Waals surface area contributed by atoms with Crippen LogP contribution in [0.4, 0.5) is 10.5 Å². The van der Waals surface area contributed by atoms with Gasteiger partial charge in [-0.25, -0.2) is 9.59 Å². The van der Waals surface area contributed by atoms with Gasteiger partial charge >= 0.3 is 12.1 Å². The van der Waals surface area contributed by atoms with Gasteiger partial charge in [0.2, 0.25) is 0 Å². The van der Waals surface area contributed by atoms with Crippen LogP contribution in [0.3, 0.4) is 0 Å². The van der Waals surface area contributed by atoms with Crippen molar-refractivity contribution >= 4 is 29.4 Å². The van der Waals surface area contributed by atoms with Crippen molar-refractivity contribution in [2.75, 3.05) is 11.9 Å². The highest BCUT2D eigenvalue weighted by atomic mass is 35.5. The van der Waals surface area contributed by atoms with Crippen molar-refractivity contribution in [2.24, 2.45) is 0 Å². The predicted molar refractivity (Wildman–Crippen MR) is 82.9 cm³/mol. The maximum absolute atomic E-state index is 11.8. The largest absolute Gasteiger partial charge is 0.464 e. The molecule has 0 bridgehead atoms. The zero-order valence-electron chi connectivity index (χ0n) is 13.0. The molecule has 1 aromatic rings. The third-order valence-corrected chi connectivity index (χ3v) is 2.78. The van der Waals surface area contributed by atoms with Crippen LogP contribution in [0.25, 0.3) is 0 Å². The van der Waals surface area contributed by atoms with Gasteiger partial charge in [-0.1, -0.05) is 17.7 Å². The summed E-state index contributed by atoms with van der Waals surface area (Å²) in [7, 11) is 0. The second-order valence-corrected chi connectivity index (χ2v) is 5.93. The minimum atomic E-state index is -1.45. The van der Waals surface area contributed by atoms with Gasteiger partial charge in [0.05, 0.1) is 17.3 Å². The number of carbonyl (C=O) groups excluding carboxylic acids is 2. The van der Waals surface area contributed by atoms with Crippen molar-refractivity contribution < 1.29 is 24.2 Å². The second-order valence-electron chi connectivity index (χ2n) is 5.52. The highest BCUT2D eigenvalue weighted by molar-refractivity contribution is 6.33. The molecule has 0 saturated carbocycles. The number of aliphatic hydroxyl groups excluding tert-OH is 1. The molecule has 1 rings (SSSR count). The van der Waals surface area contributed by atoms with Gasteiger partial charge in [-0.2, -0.15) is 0 Å². The average Bonchev–Trinajstić information content (AvgIpc) is 2.38. The molecule has 22 heavy (non-hydrogen) atoms. The van der Waals surface area contributed by atoms with Crippen LogP contribution in [0.5, 0.6) is 0 Å². The van der Waals surface area contributed by atoms with Crippen LogP contribution in [-0.2, 0) is 14.3 Å². The summed E-state index contributed by atoms with van der Waals surface area (Å²) in [4.78, 5) is 23.3. The van der Waals surface area contributed by atoms with Crippen molar-refractivity contribution in [3.63, 3.8) is 0 Å². The summed E-state index contributed by atoms with van der Waals surface area (Å²) < 4.78 is 9.86. The van der Waals surface area contributed by atoms with Crippen molar-refractivity contribution in [3.8, 4) is 0 Å². The van der Waals surface area contributed by atoms with Gasteiger partial charge in [0.1, 0.15) is 5.60 Å². The van der Waals surface area contributed by atoms with Crippen LogP contribution < -0.4 is 5.32 Å². The molecular formula is C15H20ClNO5. The Kier molecular flexibility index (Phi) is 6.20. The molecule has 0 saturated heterocycles. The molecule has 1 aromatic carbocycles. The van der Waals surface area contributed by atoms with Crippen LogP contribution in [0.15, 0.2) is 18.2 Å². The molecule has 122 valence electrons. The molecule has 1 unspecified atom stereocenters. The van der Waals surface area contributed by atoms with Gasteiger partial charge in [-0.05, 0) is 45.4 Å². The SMILES string of the molecule is CCOC(=O)C(O)c1ccc(Cl)c(NC(=O)OC(C)(C)C)c1. The van der Waals surface area contributed by atoms with Crippen molar-refractivity contribution in [2.45, 2.75) is 39.4 Å². The normalized spacial score (nSPS) is 12.5. The van der Waals surface area contributed by atoms with Gasteiger partial charge in [0.15, 0.2) is 6.10 Å². The van der Waals surface area contributed by atoms with E-state index in [9.17, 15) is 14.7 Å². The van der Waals surface area contributed by atoms with E-state index in [2.05, 4.69) is 5.32 Å². The smallest absolute Gasteiger partial charge is 0.412 e. The summed E-state index contributed by atoms with van der Waals surface area (Å²) in [5, 5.41) is 12.6. The molecule has 1 amide bonds. The Labute approximate surface area is 134 Å². The monoisotopic (exact) mass is 329 g/mol. The van der Waals surface area contributed by atoms with Gasteiger partial charge < -0.3 is 14.6 Å². The Morgan fingerprint density at radius 3 is 2.55 bits per heavy atom. The van der Waals surface area contributed by atoms with E-state index >= 15 is 0 Å². The van der Waals surface area contributed by atoms with Crippen LogP contribution in [0.2, 0.25) is 5.02 Å². The van der Waals surface area contributed by atoms with E-state index in [4.69, 9.17) is 21.1 Å². The molecule has 0 aliphatic heterocycles. The van der Waals surface area contributed by atoms with Gasteiger partial charge in [-0.3, -0.25) is 5.32 Å². The Bertz CT molecular complexity index is 553. The molecular weight excluding hydrogens is 310 g/mol. The van der Waals surface area contributed by atoms with Crippen LogP contribution >= 0.6 is 11.6 Å². The number of amides is 1. The van der Waals surface area contributed by atoms with E-state index < -0.39 is 23.8 Å². The molecule has 0 aromatic heterocycles. The van der Waals surface area contributed by atoms with Crippen LogP contribution in [0.1, 0.15) is 39.4 Å². The molecule has 1 atom stereocenters. The Balaban J connectivity index is 2.90. The van der Waals surface area contributed by atoms with E-state index in [1.54, 1.807) is 27.7 Å². The highest BCUT2D eigenvalue weighted by Crippen LogP contribution is 2.27. The lowest BCUT2D eigenvalue weighted by Gasteiger charge is -2.20. The van der Waals surface area contributed by atoms with E-state index in [1.807, 2.05) is 0 Å². The minimum Gasteiger partial charge on any atom is -0.464 e. The summed E-state index contributed by atoms with van der Waals surface area (Å²) in [6.45, 7) is 6.99. The molecule has 0 heterocycles. The maximum Gasteiger partial charge on any atom is 0.412 e. The number of nitrogens with one attached hydrogen (secondary N) is 1. The number of aliphatic hydroxyl groups is 1. The first-order chi connectivity index (χ1) is 10.1. The molecule has 0 fully saturated rings. The molecule has 7 heteroatoms. The summed E-state index contributed by atoms with van der Waals surface area (Å²) >= 11 is 5.99. The van der Waals surface area contributed by atoms with Gasteiger partial charge in [0, 0.05) is 0 Å². The number of esters is 1. The number of halogens is 1. The topological polar surface area (TPSA) is 84.9 Å². The van der Waals surface area contributed by atoms with Gasteiger partial charge in [-0.15, -0.1) is 0 Å². The van der Waals surface area contributed by atoms with Crippen molar-refractivity contribution in [3.05, 3.63) is 28.8 Å². The number of rotatable bonds is 4. The number of anilines is 1. The standard InChI is InChI=1S/C15H20ClNO5/c1-5-21-13(19)12(18)9-6-7-10(16)11(8-9)17-14(20)22-15(2,3)4/h6-8,12,18H,5H2,1-4H3,(H,17,20). The fraction of sp³-hybridized carbons (Fsp3) is 0.467. The zero-order chi connectivity index (χ0) is 16.9. The van der Waals surface area contributed by atoms with E-state index in [0.29, 0.717) is 0 Å². The molecule has 0 radical (unpaired) electrons. The first-order valence-electron chi connectivity index (χ1n) is 6.78. The minimum absolute atomic E-state index is 0.159. The number of ether oxygens (including phenoxy) is 2. The predicted octanol–water partition coefficient (Wildman–Crippen LogP) is 3.28. The third-order valence-electron chi connectivity index (χ3n) is 2.45. The lowest BCUT2D eigenvalue weighted by atomic mass is 10.1. The van der Waals surface area contributed by atoms with E-state index in [0.717, 1.165) is 0 Å². The molecule has 6 nitrogen and oxygen atoms in total. The molecule has 0 aliphatic carbocycles. The summed E-state index contributed by atoms with van der Waals surface area (Å²) in [5.41, 5.74) is -0.163. The van der Waals surface area contributed by atoms with E-state index in [-0.39, 0.29) is 22.9 Å². The average molecular weight is 330 g/mol. The number of carbonyl (C=O) groups is 2. The first kappa shape index (κ1) is 18.3. The van der Waals surface area contributed by atoms with Gasteiger partial charge in [0.25, 0.3) is 0 Å². The van der Waals surface area contributed by atoms with Crippen molar-refractivity contribution in [1.29, 1.82) is 0 Å². The Morgan fingerprint density at radius 1 is 1.36 bits per heavy atom. The number of hydrogen-bond donors (Lipinski definition) is 2. The maximum atomic E-state index is 11.8. The quantitative estimate of drug-likeness (QED) is 0.828. The van der Waals surface area contributed by atoms with Crippen LogP contribution in [0, 0.1) is 0 Å². The number of benzene rings is 1. The highest BCUT2D eigenvalue weighted by Gasteiger charge is 2.21. The fourth-order valence-corrected chi connectivity index (χ4v) is 1.74. The summed E-state index contributed by atoms with van der Waals surface area (Å²) in [6.07, 6.45) is -2.13. The second kappa shape index (κ2) is 7.47. The first-order valence-corrected chi connectivity index (χ1v) is 7.16. The molecule has 0 aliphatic rings. The lowest BCUT2D eigenvalue weighted by molar-refractivity contribution is -0.153. The summed E-state index contributed by atoms with van der Waals surface area (Å²) in [5.74, 6) is -0.770. The zero-order valence-corrected chi connectivity index (χ0v) is 13.7.